The highest BCUT2D eigenvalue weighted by molar-refractivity contribution is 6.31. The summed E-state index contributed by atoms with van der Waals surface area (Å²) in [5, 5.41) is 3.48. The molecule has 1 unspecified atom stereocenters. The number of piperazine rings is 1. The molecule has 0 aliphatic carbocycles. The molecular formula is C28H29ClN6O2. The van der Waals surface area contributed by atoms with Crippen LogP contribution in [0.4, 0.5) is 17.2 Å². The largest absolute Gasteiger partial charge is 0.325 e. The first-order chi connectivity index (χ1) is 17.9. The minimum atomic E-state index is -0.614. The Morgan fingerprint density at radius 1 is 1.11 bits per heavy atom. The first-order valence-electron chi connectivity index (χ1n) is 12.3. The second-order valence-electron chi connectivity index (χ2n) is 9.42. The Kier molecular flexibility index (Phi) is 7.32. The Bertz CT molecular complexity index is 1340. The Balaban J connectivity index is 1.45. The second kappa shape index (κ2) is 10.8. The minimum Gasteiger partial charge on any atom is -0.325 e. The zero-order valence-corrected chi connectivity index (χ0v) is 21.7. The molecular weight excluding hydrogens is 488 g/mol. The van der Waals surface area contributed by atoms with E-state index in [0.29, 0.717) is 34.5 Å². The van der Waals surface area contributed by atoms with Gasteiger partial charge in [0.1, 0.15) is 5.92 Å². The van der Waals surface area contributed by atoms with Crippen LogP contribution in [0.1, 0.15) is 17.0 Å². The summed E-state index contributed by atoms with van der Waals surface area (Å²) in [6, 6.07) is 18.5. The lowest BCUT2D eigenvalue weighted by atomic mass is 9.91. The molecule has 0 bridgehead atoms. The molecule has 2 amide bonds. The molecule has 1 atom stereocenters. The Hall–Kier alpha value is -3.59. The number of rotatable bonds is 6. The Labute approximate surface area is 221 Å². The highest BCUT2D eigenvalue weighted by atomic mass is 35.5. The van der Waals surface area contributed by atoms with Gasteiger partial charge >= 0.3 is 0 Å². The maximum absolute atomic E-state index is 13.1. The molecule has 2 aliphatic rings. The zero-order chi connectivity index (χ0) is 25.9. The van der Waals surface area contributed by atoms with Gasteiger partial charge < -0.3 is 15.1 Å². The van der Waals surface area contributed by atoms with Gasteiger partial charge in [0.15, 0.2) is 5.82 Å². The van der Waals surface area contributed by atoms with E-state index in [1.807, 2.05) is 36.4 Å². The molecule has 0 radical (unpaired) electrons. The summed E-state index contributed by atoms with van der Waals surface area (Å²) < 4.78 is 0. The predicted octanol–water partition coefficient (Wildman–Crippen LogP) is 3.80. The fourth-order valence-corrected chi connectivity index (χ4v) is 4.83. The lowest BCUT2D eigenvalue weighted by Crippen LogP contribution is -2.48. The number of fused-ring (bicyclic) bond motifs is 1. The van der Waals surface area contributed by atoms with Crippen molar-refractivity contribution < 1.29 is 9.59 Å². The molecule has 5 rings (SSSR count). The topological polar surface area (TPSA) is 81.1 Å². The molecule has 1 N–H and O–H groups in total. The average molecular weight is 517 g/mol. The second-order valence-corrected chi connectivity index (χ2v) is 9.86. The molecule has 1 fully saturated rings. The highest BCUT2D eigenvalue weighted by Gasteiger charge is 2.35. The molecule has 2 aliphatic heterocycles. The van der Waals surface area contributed by atoms with Crippen LogP contribution in [0.5, 0.6) is 0 Å². The highest BCUT2D eigenvalue weighted by Crippen LogP contribution is 2.37. The average Bonchev–Trinajstić information content (AvgIpc) is 3.23. The standard InChI is InChI=1S/C28H29ClN6O2/c1-33-12-14-35(15-13-33)18-25(36)34(2)21-10-11-30-24(17-21)32-27(19-6-4-3-5-7-19)26-22-9-8-20(29)16-23(22)31-28(26)37/h3-11,16-17,26H,12-15,18H2,1-2H3,(H,31,37). The molecule has 0 spiro atoms. The van der Waals surface area contributed by atoms with E-state index in [1.54, 1.807) is 42.4 Å². The number of amides is 2. The van der Waals surface area contributed by atoms with Crippen molar-refractivity contribution in [3.05, 3.63) is 83.0 Å². The summed E-state index contributed by atoms with van der Waals surface area (Å²) in [6.45, 7) is 4.02. The predicted molar refractivity (Wildman–Crippen MR) is 147 cm³/mol. The number of likely N-dealkylation sites (N-methyl/N-ethyl adjacent to an activating group) is 2. The summed E-state index contributed by atoms with van der Waals surface area (Å²) in [6.07, 6.45) is 1.64. The van der Waals surface area contributed by atoms with Gasteiger partial charge in [-0.1, -0.05) is 48.0 Å². The van der Waals surface area contributed by atoms with Gasteiger partial charge in [0, 0.05) is 61.9 Å². The fraction of sp³-hybridized carbons (Fsp3) is 0.286. The minimum absolute atomic E-state index is 0.00921. The van der Waals surface area contributed by atoms with Crippen LogP contribution < -0.4 is 10.2 Å². The third-order valence-corrected chi connectivity index (χ3v) is 7.10. The van der Waals surface area contributed by atoms with E-state index in [4.69, 9.17) is 16.6 Å². The quantitative estimate of drug-likeness (QED) is 0.504. The van der Waals surface area contributed by atoms with Crippen LogP contribution in [0, 0.1) is 0 Å². The van der Waals surface area contributed by atoms with Gasteiger partial charge in [-0.25, -0.2) is 9.98 Å². The van der Waals surface area contributed by atoms with E-state index in [9.17, 15) is 9.59 Å². The molecule has 9 heteroatoms. The first-order valence-corrected chi connectivity index (χ1v) is 12.6. The number of halogens is 1. The van der Waals surface area contributed by atoms with E-state index in [2.05, 4.69) is 27.1 Å². The van der Waals surface area contributed by atoms with Crippen molar-refractivity contribution in [3.63, 3.8) is 0 Å². The summed E-state index contributed by atoms with van der Waals surface area (Å²) in [4.78, 5) is 41.5. The molecule has 8 nitrogen and oxygen atoms in total. The van der Waals surface area contributed by atoms with Crippen LogP contribution in [-0.2, 0) is 9.59 Å². The van der Waals surface area contributed by atoms with E-state index in [1.165, 1.54) is 0 Å². The van der Waals surface area contributed by atoms with Gasteiger partial charge in [0.2, 0.25) is 11.8 Å². The number of carbonyl (C=O) groups is 2. The third-order valence-electron chi connectivity index (χ3n) is 6.87. The van der Waals surface area contributed by atoms with Crippen LogP contribution in [-0.4, -0.2) is 79.1 Å². The smallest absolute Gasteiger partial charge is 0.240 e. The van der Waals surface area contributed by atoms with Gasteiger partial charge in [0.25, 0.3) is 0 Å². The lowest BCUT2D eigenvalue weighted by molar-refractivity contribution is -0.120. The fourth-order valence-electron chi connectivity index (χ4n) is 4.66. The maximum atomic E-state index is 13.1. The first kappa shape index (κ1) is 25.1. The summed E-state index contributed by atoms with van der Waals surface area (Å²) in [5.74, 6) is -0.354. The van der Waals surface area contributed by atoms with Crippen LogP contribution in [0.3, 0.4) is 0 Å². The summed E-state index contributed by atoms with van der Waals surface area (Å²) in [7, 11) is 3.86. The van der Waals surface area contributed by atoms with Crippen molar-refractivity contribution >= 4 is 46.3 Å². The number of hydrogen-bond acceptors (Lipinski definition) is 6. The van der Waals surface area contributed by atoms with Crippen LogP contribution >= 0.6 is 11.6 Å². The summed E-state index contributed by atoms with van der Waals surface area (Å²) in [5.41, 5.74) is 3.59. The van der Waals surface area contributed by atoms with Crippen LogP contribution in [0.2, 0.25) is 5.02 Å². The van der Waals surface area contributed by atoms with Gasteiger partial charge in [0.05, 0.1) is 12.3 Å². The van der Waals surface area contributed by atoms with Crippen LogP contribution in [0.15, 0.2) is 71.9 Å². The maximum Gasteiger partial charge on any atom is 0.240 e. The van der Waals surface area contributed by atoms with Crippen molar-refractivity contribution in [2.45, 2.75) is 5.92 Å². The number of pyridine rings is 1. The number of nitrogens with one attached hydrogen (secondary N) is 1. The molecule has 0 saturated carbocycles. The molecule has 190 valence electrons. The number of aromatic nitrogens is 1. The zero-order valence-electron chi connectivity index (χ0n) is 20.9. The molecule has 3 heterocycles. The third kappa shape index (κ3) is 5.56. The van der Waals surface area contributed by atoms with E-state index in [-0.39, 0.29) is 11.8 Å². The van der Waals surface area contributed by atoms with Gasteiger partial charge in [-0.15, -0.1) is 0 Å². The van der Waals surface area contributed by atoms with Crippen molar-refractivity contribution in [2.75, 3.05) is 57.0 Å². The number of benzene rings is 2. The molecule has 1 saturated heterocycles. The van der Waals surface area contributed by atoms with Gasteiger partial charge in [-0.2, -0.15) is 0 Å². The van der Waals surface area contributed by atoms with Crippen molar-refractivity contribution in [3.8, 4) is 0 Å². The molecule has 3 aromatic rings. The van der Waals surface area contributed by atoms with Crippen molar-refractivity contribution in [1.82, 2.24) is 14.8 Å². The molecule has 1 aromatic heterocycles. The number of carbonyl (C=O) groups excluding carboxylic acids is 2. The Morgan fingerprint density at radius 2 is 1.86 bits per heavy atom. The molecule has 2 aromatic carbocycles. The van der Waals surface area contributed by atoms with Crippen LogP contribution in [0.25, 0.3) is 0 Å². The van der Waals surface area contributed by atoms with E-state index >= 15 is 0 Å². The SMILES string of the molecule is CN1CCN(CC(=O)N(C)c2ccnc(N=C(c3ccccc3)C3C(=O)Nc4cc(Cl)ccc43)c2)CC1. The number of hydrogen-bond donors (Lipinski definition) is 1. The normalized spacial score (nSPS) is 18.4. The number of anilines is 2. The van der Waals surface area contributed by atoms with Crippen molar-refractivity contribution in [1.29, 1.82) is 0 Å². The van der Waals surface area contributed by atoms with E-state index < -0.39 is 5.92 Å². The lowest BCUT2D eigenvalue weighted by Gasteiger charge is -2.32. The monoisotopic (exact) mass is 516 g/mol. The van der Waals surface area contributed by atoms with Gasteiger partial charge in [-0.05, 0) is 36.4 Å². The number of aliphatic imine (C=N–C) groups is 1. The number of nitrogens with zero attached hydrogens (tertiary/aromatic N) is 5. The van der Waals surface area contributed by atoms with E-state index in [0.717, 1.165) is 37.3 Å². The summed E-state index contributed by atoms with van der Waals surface area (Å²) >= 11 is 6.16. The molecule has 37 heavy (non-hydrogen) atoms. The Morgan fingerprint density at radius 3 is 2.62 bits per heavy atom. The van der Waals surface area contributed by atoms with Crippen molar-refractivity contribution in [2.24, 2.45) is 4.99 Å². The van der Waals surface area contributed by atoms with Gasteiger partial charge in [-0.3, -0.25) is 14.5 Å².